The Balaban J connectivity index is 1.72. The number of hydrogen-bond acceptors (Lipinski definition) is 2. The van der Waals surface area contributed by atoms with E-state index in [2.05, 4.69) is 17.1 Å². The molecule has 0 radical (unpaired) electrons. The quantitative estimate of drug-likeness (QED) is 0.743. The second-order valence-electron chi connectivity index (χ2n) is 4.81. The van der Waals surface area contributed by atoms with Gasteiger partial charge in [0.1, 0.15) is 0 Å². The second-order valence-corrected chi connectivity index (χ2v) is 4.81. The smallest absolute Gasteiger partial charge is 0.00964 e. The van der Waals surface area contributed by atoms with Crippen LogP contribution in [0.2, 0.25) is 0 Å². The zero-order valence-electron chi connectivity index (χ0n) is 9.47. The molecule has 0 atom stereocenters. The van der Waals surface area contributed by atoms with Crippen molar-refractivity contribution in [2.45, 2.75) is 57.5 Å². The zero-order valence-corrected chi connectivity index (χ0v) is 9.47. The van der Waals surface area contributed by atoms with Gasteiger partial charge in [0, 0.05) is 12.1 Å². The van der Waals surface area contributed by atoms with E-state index in [1.165, 1.54) is 51.6 Å². The van der Waals surface area contributed by atoms with Crippen molar-refractivity contribution in [2.24, 2.45) is 0 Å². The van der Waals surface area contributed by atoms with Gasteiger partial charge < -0.3 is 10.2 Å². The number of hydrogen-bond donors (Lipinski definition) is 1. The van der Waals surface area contributed by atoms with Crippen molar-refractivity contribution in [1.82, 2.24) is 10.2 Å². The number of rotatable bonds is 3. The Morgan fingerprint density at radius 2 is 1.71 bits per heavy atom. The van der Waals surface area contributed by atoms with Crippen molar-refractivity contribution in [3.05, 3.63) is 0 Å². The summed E-state index contributed by atoms with van der Waals surface area (Å²) in [4.78, 5) is 2.72. The lowest BCUT2D eigenvalue weighted by atomic mass is 9.90. The summed E-state index contributed by atoms with van der Waals surface area (Å²) in [5, 5.41) is 3.58. The van der Waals surface area contributed by atoms with Crippen LogP contribution in [0, 0.1) is 0 Å². The highest BCUT2D eigenvalue weighted by Crippen LogP contribution is 2.25. The van der Waals surface area contributed by atoms with Gasteiger partial charge in [-0.05, 0) is 58.2 Å². The third kappa shape index (κ3) is 2.48. The van der Waals surface area contributed by atoms with Gasteiger partial charge in [-0.25, -0.2) is 0 Å². The zero-order chi connectivity index (χ0) is 9.80. The van der Waals surface area contributed by atoms with Crippen LogP contribution in [0.15, 0.2) is 0 Å². The van der Waals surface area contributed by atoms with E-state index in [0.717, 1.165) is 18.6 Å². The molecule has 0 aromatic rings. The van der Waals surface area contributed by atoms with Crippen LogP contribution in [0.5, 0.6) is 0 Å². The third-order valence-corrected chi connectivity index (χ3v) is 3.85. The first kappa shape index (κ1) is 10.4. The van der Waals surface area contributed by atoms with Crippen LogP contribution >= 0.6 is 0 Å². The molecule has 1 aliphatic carbocycles. The Hall–Kier alpha value is -0.0800. The summed E-state index contributed by atoms with van der Waals surface area (Å²) in [5.41, 5.74) is 0. The van der Waals surface area contributed by atoms with E-state index in [-0.39, 0.29) is 0 Å². The fourth-order valence-corrected chi connectivity index (χ4v) is 3.04. The number of nitrogens with zero attached hydrogens (tertiary/aromatic N) is 1. The summed E-state index contributed by atoms with van der Waals surface area (Å²) in [6, 6.07) is 1.74. The lowest BCUT2D eigenvalue weighted by molar-refractivity contribution is 0.174. The summed E-state index contributed by atoms with van der Waals surface area (Å²) in [5.74, 6) is 0. The van der Waals surface area contributed by atoms with Gasteiger partial charge in [0.2, 0.25) is 0 Å². The van der Waals surface area contributed by atoms with Crippen LogP contribution in [0.1, 0.15) is 45.4 Å². The van der Waals surface area contributed by atoms with Gasteiger partial charge in [0.05, 0.1) is 0 Å². The predicted molar refractivity (Wildman–Crippen MR) is 60.5 cm³/mol. The van der Waals surface area contributed by atoms with Crippen molar-refractivity contribution in [3.8, 4) is 0 Å². The average molecular weight is 196 g/mol. The Morgan fingerprint density at radius 3 is 2.29 bits per heavy atom. The first-order chi connectivity index (χ1) is 6.90. The SMILES string of the molecule is CCNC1CCC(N2CCCC2)CC1. The molecule has 1 saturated heterocycles. The van der Waals surface area contributed by atoms with Crippen LogP contribution in [0.4, 0.5) is 0 Å². The van der Waals surface area contributed by atoms with Gasteiger partial charge in [-0.3, -0.25) is 0 Å². The molecule has 0 amide bonds. The minimum absolute atomic E-state index is 0.818. The van der Waals surface area contributed by atoms with Crippen molar-refractivity contribution in [1.29, 1.82) is 0 Å². The van der Waals surface area contributed by atoms with E-state index in [9.17, 15) is 0 Å². The van der Waals surface area contributed by atoms with E-state index in [0.29, 0.717) is 0 Å². The highest BCUT2D eigenvalue weighted by Gasteiger charge is 2.26. The minimum Gasteiger partial charge on any atom is -0.314 e. The lowest BCUT2D eigenvalue weighted by Gasteiger charge is -2.34. The summed E-state index contributed by atoms with van der Waals surface area (Å²) in [6.45, 7) is 6.10. The van der Waals surface area contributed by atoms with E-state index in [1.807, 2.05) is 0 Å². The monoisotopic (exact) mass is 196 g/mol. The van der Waals surface area contributed by atoms with Crippen LogP contribution in [-0.2, 0) is 0 Å². The molecule has 1 N–H and O–H groups in total. The molecule has 1 heterocycles. The minimum atomic E-state index is 0.818. The maximum Gasteiger partial charge on any atom is 0.00964 e. The normalized spacial score (nSPS) is 34.9. The van der Waals surface area contributed by atoms with Gasteiger partial charge in [0.15, 0.2) is 0 Å². The van der Waals surface area contributed by atoms with Gasteiger partial charge >= 0.3 is 0 Å². The van der Waals surface area contributed by atoms with E-state index in [1.54, 1.807) is 0 Å². The predicted octanol–water partition coefficient (Wildman–Crippen LogP) is 2.00. The molecular formula is C12H24N2. The average Bonchev–Trinajstić information content (AvgIpc) is 2.72. The highest BCUT2D eigenvalue weighted by molar-refractivity contribution is 4.84. The van der Waals surface area contributed by atoms with Gasteiger partial charge in [-0.15, -0.1) is 0 Å². The summed E-state index contributed by atoms with van der Waals surface area (Å²) >= 11 is 0. The summed E-state index contributed by atoms with van der Waals surface area (Å²) < 4.78 is 0. The molecule has 14 heavy (non-hydrogen) atoms. The summed E-state index contributed by atoms with van der Waals surface area (Å²) in [7, 11) is 0. The molecule has 0 aromatic carbocycles. The molecule has 2 rings (SSSR count). The molecule has 82 valence electrons. The molecular weight excluding hydrogens is 172 g/mol. The van der Waals surface area contributed by atoms with Gasteiger partial charge in [-0.2, -0.15) is 0 Å². The summed E-state index contributed by atoms with van der Waals surface area (Å²) in [6.07, 6.45) is 8.53. The molecule has 0 spiro atoms. The van der Waals surface area contributed by atoms with E-state index >= 15 is 0 Å². The van der Waals surface area contributed by atoms with Crippen molar-refractivity contribution >= 4 is 0 Å². The molecule has 2 nitrogen and oxygen atoms in total. The Morgan fingerprint density at radius 1 is 1.07 bits per heavy atom. The molecule has 0 unspecified atom stereocenters. The molecule has 0 aromatic heterocycles. The van der Waals surface area contributed by atoms with Crippen LogP contribution < -0.4 is 5.32 Å². The Kier molecular flexibility index (Phi) is 3.82. The number of likely N-dealkylation sites (tertiary alicyclic amines) is 1. The molecule has 1 aliphatic heterocycles. The Bertz CT molecular complexity index is 156. The fourth-order valence-electron chi connectivity index (χ4n) is 3.04. The maximum atomic E-state index is 3.58. The lowest BCUT2D eigenvalue weighted by Crippen LogP contribution is -2.41. The highest BCUT2D eigenvalue weighted by atomic mass is 15.2. The van der Waals surface area contributed by atoms with Crippen LogP contribution in [0.3, 0.4) is 0 Å². The molecule has 2 fully saturated rings. The van der Waals surface area contributed by atoms with Crippen molar-refractivity contribution in [2.75, 3.05) is 19.6 Å². The standard InChI is InChI=1S/C12H24N2/c1-2-13-11-5-7-12(8-6-11)14-9-3-4-10-14/h11-13H,2-10H2,1H3. The van der Waals surface area contributed by atoms with Crippen molar-refractivity contribution in [3.63, 3.8) is 0 Å². The number of nitrogens with one attached hydrogen (secondary N) is 1. The van der Waals surface area contributed by atoms with Gasteiger partial charge in [0.25, 0.3) is 0 Å². The van der Waals surface area contributed by atoms with E-state index in [4.69, 9.17) is 0 Å². The van der Waals surface area contributed by atoms with Crippen LogP contribution in [0.25, 0.3) is 0 Å². The maximum absolute atomic E-state index is 3.58. The largest absolute Gasteiger partial charge is 0.314 e. The topological polar surface area (TPSA) is 15.3 Å². The van der Waals surface area contributed by atoms with Crippen LogP contribution in [-0.4, -0.2) is 36.6 Å². The molecule has 1 saturated carbocycles. The fraction of sp³-hybridized carbons (Fsp3) is 1.00. The van der Waals surface area contributed by atoms with E-state index < -0.39 is 0 Å². The molecule has 2 heteroatoms. The first-order valence-electron chi connectivity index (χ1n) is 6.37. The Labute approximate surface area is 88.1 Å². The van der Waals surface area contributed by atoms with Gasteiger partial charge in [-0.1, -0.05) is 6.92 Å². The first-order valence-corrected chi connectivity index (χ1v) is 6.37. The second kappa shape index (κ2) is 5.13. The molecule has 2 aliphatic rings. The third-order valence-electron chi connectivity index (χ3n) is 3.85. The molecule has 0 bridgehead atoms. The van der Waals surface area contributed by atoms with Crippen molar-refractivity contribution < 1.29 is 0 Å².